The van der Waals surface area contributed by atoms with Crippen molar-refractivity contribution in [2.24, 2.45) is 5.92 Å². The highest BCUT2D eigenvalue weighted by molar-refractivity contribution is 7.99. The molecule has 2 heterocycles. The zero-order chi connectivity index (χ0) is 22.8. The average molecular weight is 482 g/mol. The molecule has 0 saturated heterocycles. The Hall–Kier alpha value is -2.12. The highest BCUT2D eigenvalue weighted by Crippen LogP contribution is 2.37. The third-order valence-corrected chi connectivity index (χ3v) is 8.95. The minimum Gasteiger partial charge on any atom is -0.353 e. The van der Waals surface area contributed by atoms with Gasteiger partial charge in [-0.3, -0.25) is 14.2 Å². The van der Waals surface area contributed by atoms with Crippen LogP contribution in [0.5, 0.6) is 0 Å². The summed E-state index contributed by atoms with van der Waals surface area (Å²) in [6, 6.07) is 9.96. The third-order valence-electron chi connectivity index (χ3n) is 6.87. The van der Waals surface area contributed by atoms with E-state index >= 15 is 0 Å². The molecule has 0 spiro atoms. The Balaban J connectivity index is 1.47. The first-order chi connectivity index (χ1) is 16.1. The number of hydrogen-bond acceptors (Lipinski definition) is 5. The molecule has 5 rings (SSSR count). The molecule has 1 atom stereocenters. The lowest BCUT2D eigenvalue weighted by Crippen LogP contribution is -2.35. The Morgan fingerprint density at radius 2 is 1.91 bits per heavy atom. The molecular formula is C26H31N3O2S2. The number of fused-ring (bicyclic) bond motifs is 3. The molecular weight excluding hydrogens is 450 g/mol. The summed E-state index contributed by atoms with van der Waals surface area (Å²) < 4.78 is 1.71. The van der Waals surface area contributed by atoms with Gasteiger partial charge in [-0.15, -0.1) is 11.3 Å². The molecule has 0 bridgehead atoms. The van der Waals surface area contributed by atoms with Crippen molar-refractivity contribution in [1.82, 2.24) is 14.9 Å². The molecule has 1 saturated carbocycles. The standard InChI is InChI=1S/C26H31N3O2S2/c1-17-13-14-20-21(15-17)33-24-23(20)25(31)29(19-11-7-4-8-12-19)26(28-24)32-16-22(30)27-18-9-5-2-3-6-10-18/h4,7-8,11-12,17-18H,2-3,5-6,9-10,13-16H2,1H3,(H,27,30)/t17-/m1/s1. The molecule has 2 aliphatic carbocycles. The van der Waals surface area contributed by atoms with Crippen LogP contribution in [0, 0.1) is 5.92 Å². The molecule has 174 valence electrons. The molecule has 0 radical (unpaired) electrons. The summed E-state index contributed by atoms with van der Waals surface area (Å²) in [6.07, 6.45) is 10.1. The van der Waals surface area contributed by atoms with Crippen molar-refractivity contribution in [3.63, 3.8) is 0 Å². The number of nitrogens with one attached hydrogen (secondary N) is 1. The summed E-state index contributed by atoms with van der Waals surface area (Å²) in [6.45, 7) is 2.27. The first kappa shape index (κ1) is 22.7. The number of thiophene rings is 1. The summed E-state index contributed by atoms with van der Waals surface area (Å²) in [5.41, 5.74) is 1.98. The van der Waals surface area contributed by atoms with Crippen LogP contribution in [0.15, 0.2) is 40.3 Å². The number of carbonyl (C=O) groups is 1. The fourth-order valence-electron chi connectivity index (χ4n) is 5.10. The van der Waals surface area contributed by atoms with E-state index in [2.05, 4.69) is 12.2 Å². The van der Waals surface area contributed by atoms with E-state index in [1.807, 2.05) is 30.3 Å². The highest BCUT2D eigenvalue weighted by atomic mass is 32.2. The number of hydrogen-bond donors (Lipinski definition) is 1. The van der Waals surface area contributed by atoms with Crippen molar-refractivity contribution >= 4 is 39.2 Å². The minimum absolute atomic E-state index is 0.00932. The van der Waals surface area contributed by atoms with Gasteiger partial charge in [0.15, 0.2) is 5.16 Å². The topological polar surface area (TPSA) is 64.0 Å². The minimum atomic E-state index is -0.00932. The summed E-state index contributed by atoms with van der Waals surface area (Å²) >= 11 is 3.03. The number of thioether (sulfide) groups is 1. The maximum absolute atomic E-state index is 13.8. The van der Waals surface area contributed by atoms with Crippen LogP contribution in [0.1, 0.15) is 62.3 Å². The van der Waals surface area contributed by atoms with Gasteiger partial charge in [-0.2, -0.15) is 0 Å². The van der Waals surface area contributed by atoms with E-state index in [9.17, 15) is 9.59 Å². The fraction of sp³-hybridized carbons (Fsp3) is 0.500. The molecule has 2 aromatic heterocycles. The number of aryl methyl sites for hydroxylation is 1. The van der Waals surface area contributed by atoms with Gasteiger partial charge < -0.3 is 5.32 Å². The average Bonchev–Trinajstić information content (AvgIpc) is 2.97. The molecule has 5 nitrogen and oxygen atoms in total. The van der Waals surface area contributed by atoms with Crippen LogP contribution in [0.2, 0.25) is 0 Å². The van der Waals surface area contributed by atoms with Crippen molar-refractivity contribution in [3.8, 4) is 5.69 Å². The van der Waals surface area contributed by atoms with Crippen LogP contribution in [-0.4, -0.2) is 27.3 Å². The number of para-hydroxylation sites is 1. The van der Waals surface area contributed by atoms with E-state index in [-0.39, 0.29) is 23.3 Å². The first-order valence-electron chi connectivity index (χ1n) is 12.1. The molecule has 0 aliphatic heterocycles. The monoisotopic (exact) mass is 481 g/mol. The van der Waals surface area contributed by atoms with Gasteiger partial charge in [0.25, 0.3) is 5.56 Å². The van der Waals surface area contributed by atoms with E-state index in [1.54, 1.807) is 15.9 Å². The van der Waals surface area contributed by atoms with E-state index in [0.717, 1.165) is 48.0 Å². The zero-order valence-electron chi connectivity index (χ0n) is 19.1. The molecule has 1 fully saturated rings. The second-order valence-corrected chi connectivity index (χ2v) is 11.5. The van der Waals surface area contributed by atoms with Gasteiger partial charge in [0, 0.05) is 10.9 Å². The number of nitrogens with zero attached hydrogens (tertiary/aromatic N) is 2. The second kappa shape index (κ2) is 10.0. The molecule has 7 heteroatoms. The lowest BCUT2D eigenvalue weighted by molar-refractivity contribution is -0.119. The van der Waals surface area contributed by atoms with Crippen LogP contribution < -0.4 is 10.9 Å². The third kappa shape index (κ3) is 4.90. The largest absolute Gasteiger partial charge is 0.353 e. The van der Waals surface area contributed by atoms with Crippen molar-refractivity contribution in [1.29, 1.82) is 0 Å². The van der Waals surface area contributed by atoms with Crippen molar-refractivity contribution in [2.45, 2.75) is 75.9 Å². The van der Waals surface area contributed by atoms with Crippen molar-refractivity contribution in [3.05, 3.63) is 51.1 Å². The van der Waals surface area contributed by atoms with Crippen LogP contribution in [0.25, 0.3) is 15.9 Å². The van der Waals surface area contributed by atoms with Gasteiger partial charge in [-0.05, 0) is 55.7 Å². The quantitative estimate of drug-likeness (QED) is 0.297. The number of amides is 1. The summed E-state index contributed by atoms with van der Waals surface area (Å²) in [5, 5.41) is 4.59. The molecule has 2 aliphatic rings. The number of carbonyl (C=O) groups excluding carboxylic acids is 1. The predicted octanol–water partition coefficient (Wildman–Crippen LogP) is 5.50. The second-order valence-electron chi connectivity index (χ2n) is 9.45. The van der Waals surface area contributed by atoms with E-state index in [0.29, 0.717) is 11.1 Å². The maximum atomic E-state index is 13.8. The maximum Gasteiger partial charge on any atom is 0.267 e. The summed E-state index contributed by atoms with van der Waals surface area (Å²) in [7, 11) is 0. The molecule has 3 aromatic rings. The van der Waals surface area contributed by atoms with Crippen molar-refractivity contribution < 1.29 is 4.79 Å². The Labute approximate surface area is 203 Å². The summed E-state index contributed by atoms with van der Waals surface area (Å²) in [4.78, 5) is 33.6. The zero-order valence-corrected chi connectivity index (χ0v) is 20.8. The predicted molar refractivity (Wildman–Crippen MR) is 137 cm³/mol. The Morgan fingerprint density at radius 3 is 2.67 bits per heavy atom. The smallest absolute Gasteiger partial charge is 0.267 e. The van der Waals surface area contributed by atoms with Gasteiger partial charge in [0.1, 0.15) is 4.83 Å². The van der Waals surface area contributed by atoms with E-state index < -0.39 is 0 Å². The SMILES string of the molecule is C[C@@H]1CCc2c(sc3nc(SCC(=O)NC4CCCCCC4)n(-c4ccccc4)c(=O)c23)C1. The normalized spacial score (nSPS) is 19.2. The van der Waals surface area contributed by atoms with Gasteiger partial charge in [-0.25, -0.2) is 4.98 Å². The number of rotatable bonds is 5. The fourth-order valence-corrected chi connectivity index (χ4v) is 7.34. The van der Waals surface area contributed by atoms with Gasteiger partial charge in [-0.1, -0.05) is 62.6 Å². The number of benzene rings is 1. The molecule has 1 aromatic carbocycles. The van der Waals surface area contributed by atoms with Gasteiger partial charge >= 0.3 is 0 Å². The Bertz CT molecular complexity index is 1190. The lowest BCUT2D eigenvalue weighted by Gasteiger charge is -2.18. The van der Waals surface area contributed by atoms with E-state index in [4.69, 9.17) is 4.98 Å². The van der Waals surface area contributed by atoms with Crippen LogP contribution >= 0.6 is 23.1 Å². The first-order valence-corrected chi connectivity index (χ1v) is 13.9. The molecule has 1 N–H and O–H groups in total. The van der Waals surface area contributed by atoms with E-state index in [1.165, 1.54) is 47.9 Å². The Kier molecular flexibility index (Phi) is 6.88. The van der Waals surface area contributed by atoms with Crippen molar-refractivity contribution in [2.75, 3.05) is 5.75 Å². The van der Waals surface area contributed by atoms with Crippen LogP contribution in [-0.2, 0) is 17.6 Å². The summed E-state index contributed by atoms with van der Waals surface area (Å²) in [5.74, 6) is 0.937. The lowest BCUT2D eigenvalue weighted by atomic mass is 9.89. The highest BCUT2D eigenvalue weighted by Gasteiger charge is 2.25. The van der Waals surface area contributed by atoms with Crippen LogP contribution in [0.4, 0.5) is 0 Å². The Morgan fingerprint density at radius 1 is 1.15 bits per heavy atom. The molecule has 1 amide bonds. The van der Waals surface area contributed by atoms with Gasteiger partial charge in [0.2, 0.25) is 5.91 Å². The van der Waals surface area contributed by atoms with Crippen LogP contribution in [0.3, 0.4) is 0 Å². The molecule has 33 heavy (non-hydrogen) atoms. The molecule has 0 unspecified atom stereocenters. The van der Waals surface area contributed by atoms with Gasteiger partial charge in [0.05, 0.1) is 16.8 Å². The number of aromatic nitrogens is 2.